The Labute approximate surface area is 162 Å². The Morgan fingerprint density at radius 1 is 0.778 bits per heavy atom. The highest BCUT2D eigenvalue weighted by Crippen LogP contribution is 2.34. The van der Waals surface area contributed by atoms with E-state index in [-0.39, 0.29) is 25.3 Å². The first-order chi connectivity index (χ1) is 12.7. The summed E-state index contributed by atoms with van der Waals surface area (Å²) in [5.74, 6) is 0.918. The molecule has 0 aliphatic rings. The summed E-state index contributed by atoms with van der Waals surface area (Å²) in [7, 11) is 0. The van der Waals surface area contributed by atoms with Crippen LogP contribution in [0.1, 0.15) is 46.3 Å². The van der Waals surface area contributed by atoms with Crippen molar-refractivity contribution < 1.29 is 24.8 Å². The Morgan fingerprint density at radius 2 is 1.19 bits per heavy atom. The zero-order valence-corrected chi connectivity index (χ0v) is 17.1. The lowest BCUT2D eigenvalue weighted by Gasteiger charge is -2.21. The van der Waals surface area contributed by atoms with Crippen molar-refractivity contribution >= 4 is 0 Å². The molecule has 3 unspecified atom stereocenters. The largest absolute Gasteiger partial charge is 0.490 e. The van der Waals surface area contributed by atoms with Gasteiger partial charge in [0.05, 0.1) is 11.7 Å². The summed E-state index contributed by atoms with van der Waals surface area (Å²) >= 11 is 0. The summed E-state index contributed by atoms with van der Waals surface area (Å²) in [5.41, 5.74) is 0.505. The maximum Gasteiger partial charge on any atom is 0.128 e. The topological polar surface area (TPSA) is 103 Å². The highest BCUT2D eigenvalue weighted by molar-refractivity contribution is 5.46. The van der Waals surface area contributed by atoms with E-state index in [4.69, 9.17) is 9.47 Å². The van der Waals surface area contributed by atoms with Gasteiger partial charge in [0.2, 0.25) is 0 Å². The smallest absolute Gasteiger partial charge is 0.128 e. The van der Waals surface area contributed by atoms with Crippen molar-refractivity contribution in [2.45, 2.75) is 65.0 Å². The van der Waals surface area contributed by atoms with Gasteiger partial charge in [-0.1, -0.05) is 33.8 Å². The fourth-order valence-electron chi connectivity index (χ4n) is 2.42. The molecule has 0 aliphatic heterocycles. The van der Waals surface area contributed by atoms with Gasteiger partial charge in [-0.15, -0.1) is 0 Å². The molecule has 1 rings (SSSR count). The average molecular weight is 385 g/mol. The lowest BCUT2D eigenvalue weighted by molar-refractivity contribution is 0.0948. The van der Waals surface area contributed by atoms with Gasteiger partial charge in [-0.25, -0.2) is 0 Å². The monoisotopic (exact) mass is 384 g/mol. The Kier molecular flexibility index (Phi) is 10.6. The minimum absolute atomic E-state index is 0.101. The SMILES string of the molecule is CC(C)NCC(O)COc1cccc(OCC(O)CNC(C)C)c1C(C)O. The third kappa shape index (κ3) is 9.39. The van der Waals surface area contributed by atoms with Gasteiger partial charge in [0.1, 0.15) is 36.9 Å². The van der Waals surface area contributed by atoms with Crippen LogP contribution in [-0.4, -0.2) is 65.9 Å². The van der Waals surface area contributed by atoms with Crippen molar-refractivity contribution in [3.8, 4) is 11.5 Å². The van der Waals surface area contributed by atoms with E-state index in [1.165, 1.54) is 0 Å². The second-order valence-electron chi connectivity index (χ2n) is 7.40. The van der Waals surface area contributed by atoms with E-state index >= 15 is 0 Å². The number of aliphatic hydroxyl groups excluding tert-OH is 3. The molecule has 0 bridgehead atoms. The Bertz CT molecular complexity index is 497. The number of hydrogen-bond acceptors (Lipinski definition) is 7. The molecule has 7 nitrogen and oxygen atoms in total. The van der Waals surface area contributed by atoms with Gasteiger partial charge >= 0.3 is 0 Å². The molecule has 0 heterocycles. The van der Waals surface area contributed by atoms with Gasteiger partial charge < -0.3 is 35.4 Å². The van der Waals surface area contributed by atoms with Crippen LogP contribution in [0.15, 0.2) is 18.2 Å². The van der Waals surface area contributed by atoms with Crippen molar-refractivity contribution in [2.24, 2.45) is 0 Å². The van der Waals surface area contributed by atoms with Crippen LogP contribution in [0.3, 0.4) is 0 Å². The van der Waals surface area contributed by atoms with E-state index in [0.717, 1.165) is 0 Å². The summed E-state index contributed by atoms with van der Waals surface area (Å²) in [4.78, 5) is 0. The van der Waals surface area contributed by atoms with Crippen molar-refractivity contribution in [1.82, 2.24) is 10.6 Å². The molecule has 0 amide bonds. The van der Waals surface area contributed by atoms with Crippen LogP contribution in [0.2, 0.25) is 0 Å². The molecule has 1 aromatic carbocycles. The first kappa shape index (κ1) is 23.7. The van der Waals surface area contributed by atoms with Crippen molar-refractivity contribution in [2.75, 3.05) is 26.3 Å². The van der Waals surface area contributed by atoms with Gasteiger partial charge in [0.15, 0.2) is 0 Å². The van der Waals surface area contributed by atoms with E-state index in [2.05, 4.69) is 10.6 Å². The highest BCUT2D eigenvalue weighted by Gasteiger charge is 2.18. The summed E-state index contributed by atoms with van der Waals surface area (Å²) < 4.78 is 11.4. The summed E-state index contributed by atoms with van der Waals surface area (Å²) in [6.45, 7) is 10.7. The number of rotatable bonds is 13. The molecular formula is C20H36N2O5. The van der Waals surface area contributed by atoms with Crippen LogP contribution < -0.4 is 20.1 Å². The van der Waals surface area contributed by atoms with E-state index in [9.17, 15) is 15.3 Å². The van der Waals surface area contributed by atoms with E-state index in [1.807, 2.05) is 27.7 Å². The number of benzene rings is 1. The van der Waals surface area contributed by atoms with Crippen LogP contribution in [0.25, 0.3) is 0 Å². The summed E-state index contributed by atoms with van der Waals surface area (Å²) in [5, 5.41) is 36.5. The second-order valence-corrected chi connectivity index (χ2v) is 7.40. The van der Waals surface area contributed by atoms with E-state index in [1.54, 1.807) is 25.1 Å². The van der Waals surface area contributed by atoms with Crippen LogP contribution in [0, 0.1) is 0 Å². The van der Waals surface area contributed by atoms with E-state index in [0.29, 0.717) is 30.2 Å². The van der Waals surface area contributed by atoms with Gasteiger partial charge in [-0.05, 0) is 19.1 Å². The average Bonchev–Trinajstić information content (AvgIpc) is 2.60. The molecule has 7 heteroatoms. The van der Waals surface area contributed by atoms with Crippen LogP contribution in [0.5, 0.6) is 11.5 Å². The highest BCUT2D eigenvalue weighted by atomic mass is 16.5. The van der Waals surface area contributed by atoms with Crippen LogP contribution in [0.4, 0.5) is 0 Å². The number of aliphatic hydroxyl groups is 3. The Morgan fingerprint density at radius 3 is 1.52 bits per heavy atom. The Balaban J connectivity index is 2.70. The zero-order chi connectivity index (χ0) is 20.4. The summed E-state index contributed by atoms with van der Waals surface area (Å²) in [6.07, 6.45) is -2.14. The third-order valence-corrected chi connectivity index (χ3v) is 3.83. The first-order valence-corrected chi connectivity index (χ1v) is 9.60. The molecule has 0 saturated carbocycles. The second kappa shape index (κ2) is 12.2. The van der Waals surface area contributed by atoms with Crippen molar-refractivity contribution in [3.63, 3.8) is 0 Å². The molecule has 0 radical (unpaired) electrons. The number of hydrogen-bond donors (Lipinski definition) is 5. The fourth-order valence-corrected chi connectivity index (χ4v) is 2.42. The molecule has 0 fully saturated rings. The third-order valence-electron chi connectivity index (χ3n) is 3.83. The predicted molar refractivity (Wildman–Crippen MR) is 106 cm³/mol. The minimum Gasteiger partial charge on any atom is -0.490 e. The quantitative estimate of drug-likeness (QED) is 0.348. The molecule has 27 heavy (non-hydrogen) atoms. The van der Waals surface area contributed by atoms with Crippen LogP contribution >= 0.6 is 0 Å². The fraction of sp³-hybridized carbons (Fsp3) is 0.700. The normalized spacial score (nSPS) is 15.0. The maximum atomic E-state index is 10.2. The molecule has 1 aromatic rings. The zero-order valence-electron chi connectivity index (χ0n) is 17.1. The molecule has 156 valence electrons. The lowest BCUT2D eigenvalue weighted by Crippen LogP contribution is -2.35. The Hall–Kier alpha value is -1.38. The number of ether oxygens (including phenoxy) is 2. The van der Waals surface area contributed by atoms with Crippen LogP contribution in [-0.2, 0) is 0 Å². The predicted octanol–water partition coefficient (Wildman–Crippen LogP) is 1.22. The molecule has 3 atom stereocenters. The van der Waals surface area contributed by atoms with E-state index < -0.39 is 18.3 Å². The van der Waals surface area contributed by atoms with Gasteiger partial charge in [0.25, 0.3) is 0 Å². The van der Waals surface area contributed by atoms with Crippen molar-refractivity contribution in [1.29, 1.82) is 0 Å². The molecule has 0 aromatic heterocycles. The first-order valence-electron chi connectivity index (χ1n) is 9.60. The molecule has 0 saturated heterocycles. The maximum absolute atomic E-state index is 10.2. The molecule has 5 N–H and O–H groups in total. The molecular weight excluding hydrogens is 348 g/mol. The molecule has 0 aliphatic carbocycles. The summed E-state index contributed by atoms with van der Waals surface area (Å²) in [6, 6.07) is 5.78. The van der Waals surface area contributed by atoms with Gasteiger partial charge in [-0.2, -0.15) is 0 Å². The molecule has 0 spiro atoms. The number of nitrogens with one attached hydrogen (secondary N) is 2. The van der Waals surface area contributed by atoms with Gasteiger partial charge in [-0.3, -0.25) is 0 Å². The van der Waals surface area contributed by atoms with Crippen molar-refractivity contribution in [3.05, 3.63) is 23.8 Å². The standard InChI is InChI=1S/C20H36N2O5/c1-13(2)21-9-16(24)11-26-18-7-6-8-19(20(18)15(5)23)27-12-17(25)10-22-14(3)4/h6-8,13-17,21-25H,9-12H2,1-5H3. The minimum atomic E-state index is -0.812. The lowest BCUT2D eigenvalue weighted by atomic mass is 10.1. The van der Waals surface area contributed by atoms with Gasteiger partial charge in [0, 0.05) is 25.2 Å².